The third kappa shape index (κ3) is 4.04. The van der Waals surface area contributed by atoms with Crippen LogP contribution in [0.5, 0.6) is 0 Å². The van der Waals surface area contributed by atoms with Crippen LogP contribution in [0.2, 0.25) is 0 Å². The van der Waals surface area contributed by atoms with E-state index in [1.165, 1.54) is 6.92 Å². The number of anilines is 2. The maximum Gasteiger partial charge on any atom is 0.256 e. The molecular weight excluding hydrogens is 379 g/mol. The van der Waals surface area contributed by atoms with Gasteiger partial charge >= 0.3 is 0 Å². The first-order valence-electron chi connectivity index (χ1n) is 6.41. The normalized spacial score (nSPS) is 10.0. The number of carbonyl (C=O) groups excluding carboxylic acids is 2. The van der Waals surface area contributed by atoms with E-state index in [1.54, 1.807) is 12.1 Å². The van der Waals surface area contributed by atoms with Crippen molar-refractivity contribution in [1.82, 2.24) is 0 Å². The van der Waals surface area contributed by atoms with Crippen LogP contribution >= 0.6 is 22.6 Å². The van der Waals surface area contributed by atoms with E-state index in [2.05, 4.69) is 33.2 Å². The van der Waals surface area contributed by atoms with E-state index in [0.29, 0.717) is 16.9 Å². The van der Waals surface area contributed by atoms with Crippen molar-refractivity contribution in [3.8, 4) is 0 Å². The lowest BCUT2D eigenvalue weighted by atomic mass is 10.1. The van der Waals surface area contributed by atoms with Crippen molar-refractivity contribution in [3.05, 3.63) is 57.2 Å². The first-order valence-corrected chi connectivity index (χ1v) is 7.49. The Kier molecular flexibility index (Phi) is 4.95. The van der Waals surface area contributed by atoms with Gasteiger partial charge in [0.2, 0.25) is 5.91 Å². The Morgan fingerprint density at radius 2 is 1.76 bits per heavy atom. The molecule has 0 atom stereocenters. The Balaban J connectivity index is 2.22. The zero-order valence-electron chi connectivity index (χ0n) is 11.7. The fourth-order valence-electron chi connectivity index (χ4n) is 1.87. The molecule has 5 heteroatoms. The number of benzene rings is 2. The number of carbonyl (C=O) groups is 2. The molecular formula is C16H15IN2O2. The number of halogens is 1. The van der Waals surface area contributed by atoms with E-state index in [9.17, 15) is 9.59 Å². The van der Waals surface area contributed by atoms with Crippen molar-refractivity contribution >= 4 is 45.8 Å². The number of hydrogen-bond acceptors (Lipinski definition) is 2. The van der Waals surface area contributed by atoms with E-state index in [0.717, 1.165) is 9.13 Å². The molecule has 0 aliphatic rings. The van der Waals surface area contributed by atoms with Gasteiger partial charge in [-0.05, 0) is 59.3 Å². The first-order chi connectivity index (χ1) is 9.97. The number of nitrogens with one attached hydrogen (secondary N) is 2. The number of aryl methyl sites for hydroxylation is 1. The zero-order valence-corrected chi connectivity index (χ0v) is 13.9. The van der Waals surface area contributed by atoms with Gasteiger partial charge in [0.15, 0.2) is 0 Å². The molecule has 2 aromatic rings. The Labute approximate surface area is 137 Å². The highest BCUT2D eigenvalue weighted by molar-refractivity contribution is 14.1. The van der Waals surface area contributed by atoms with Crippen LogP contribution in [0.1, 0.15) is 22.8 Å². The van der Waals surface area contributed by atoms with Gasteiger partial charge in [0.05, 0.1) is 5.56 Å². The van der Waals surface area contributed by atoms with Gasteiger partial charge in [-0.2, -0.15) is 0 Å². The lowest BCUT2D eigenvalue weighted by Gasteiger charge is -2.11. The van der Waals surface area contributed by atoms with Gasteiger partial charge < -0.3 is 10.6 Å². The third-order valence-electron chi connectivity index (χ3n) is 2.92. The first kappa shape index (κ1) is 15.5. The Morgan fingerprint density at radius 3 is 2.43 bits per heavy atom. The van der Waals surface area contributed by atoms with E-state index in [4.69, 9.17) is 0 Å². The molecule has 2 rings (SSSR count). The van der Waals surface area contributed by atoms with Gasteiger partial charge in [-0.1, -0.05) is 18.2 Å². The molecule has 0 radical (unpaired) electrons. The summed E-state index contributed by atoms with van der Waals surface area (Å²) < 4.78 is 0.891. The largest absolute Gasteiger partial charge is 0.326 e. The standard InChI is InChI=1S/C16H15IN2O2/c1-10-7-8-12(9-15(10)18-11(2)20)19-16(21)13-5-3-4-6-14(13)17/h3-9H,1-2H3,(H,18,20)(H,19,21). The fourth-order valence-corrected chi connectivity index (χ4v) is 2.50. The van der Waals surface area contributed by atoms with Crippen LogP contribution in [-0.2, 0) is 4.79 Å². The average molecular weight is 394 g/mol. The van der Waals surface area contributed by atoms with Crippen molar-refractivity contribution in [2.75, 3.05) is 10.6 Å². The molecule has 0 saturated heterocycles. The van der Waals surface area contributed by atoms with Crippen molar-refractivity contribution in [1.29, 1.82) is 0 Å². The highest BCUT2D eigenvalue weighted by Gasteiger charge is 2.10. The van der Waals surface area contributed by atoms with Crippen LogP contribution in [-0.4, -0.2) is 11.8 Å². The summed E-state index contributed by atoms with van der Waals surface area (Å²) in [7, 11) is 0. The Hall–Kier alpha value is -1.89. The minimum atomic E-state index is -0.169. The number of hydrogen-bond donors (Lipinski definition) is 2. The number of amides is 2. The van der Waals surface area contributed by atoms with Crippen molar-refractivity contribution in [2.45, 2.75) is 13.8 Å². The fraction of sp³-hybridized carbons (Fsp3) is 0.125. The van der Waals surface area contributed by atoms with Crippen LogP contribution in [0.25, 0.3) is 0 Å². The molecule has 21 heavy (non-hydrogen) atoms. The second-order valence-electron chi connectivity index (χ2n) is 4.64. The van der Waals surface area contributed by atoms with Gasteiger partial charge in [0, 0.05) is 21.9 Å². The maximum atomic E-state index is 12.3. The smallest absolute Gasteiger partial charge is 0.256 e. The second-order valence-corrected chi connectivity index (χ2v) is 5.81. The van der Waals surface area contributed by atoms with Crippen LogP contribution < -0.4 is 10.6 Å². The molecule has 0 bridgehead atoms. The quantitative estimate of drug-likeness (QED) is 0.778. The van der Waals surface area contributed by atoms with Crippen LogP contribution in [0.3, 0.4) is 0 Å². The third-order valence-corrected chi connectivity index (χ3v) is 3.87. The van der Waals surface area contributed by atoms with Crippen molar-refractivity contribution < 1.29 is 9.59 Å². The van der Waals surface area contributed by atoms with Gasteiger partial charge in [-0.3, -0.25) is 9.59 Å². The summed E-state index contributed by atoms with van der Waals surface area (Å²) in [6, 6.07) is 12.8. The van der Waals surface area contributed by atoms with E-state index < -0.39 is 0 Å². The SMILES string of the molecule is CC(=O)Nc1cc(NC(=O)c2ccccc2I)ccc1C. The maximum absolute atomic E-state index is 12.3. The summed E-state index contributed by atoms with van der Waals surface area (Å²) in [5.41, 5.74) is 2.91. The summed E-state index contributed by atoms with van der Waals surface area (Å²) in [6.45, 7) is 3.36. The molecule has 2 aromatic carbocycles. The van der Waals surface area contributed by atoms with Crippen LogP contribution in [0.4, 0.5) is 11.4 Å². The van der Waals surface area contributed by atoms with Crippen LogP contribution in [0.15, 0.2) is 42.5 Å². The molecule has 0 aromatic heterocycles. The molecule has 0 saturated carbocycles. The van der Waals surface area contributed by atoms with Gasteiger partial charge in [0.1, 0.15) is 0 Å². The number of rotatable bonds is 3. The molecule has 0 spiro atoms. The second kappa shape index (κ2) is 6.71. The molecule has 0 heterocycles. The summed E-state index contributed by atoms with van der Waals surface area (Å²) in [4.78, 5) is 23.4. The molecule has 0 aliphatic carbocycles. The molecule has 4 nitrogen and oxygen atoms in total. The molecule has 108 valence electrons. The summed E-state index contributed by atoms with van der Waals surface area (Å²) in [5.74, 6) is -0.309. The van der Waals surface area contributed by atoms with E-state index in [-0.39, 0.29) is 11.8 Å². The molecule has 0 fully saturated rings. The highest BCUT2D eigenvalue weighted by atomic mass is 127. The van der Waals surface area contributed by atoms with E-state index >= 15 is 0 Å². The monoisotopic (exact) mass is 394 g/mol. The van der Waals surface area contributed by atoms with Gasteiger partial charge in [-0.25, -0.2) is 0 Å². The van der Waals surface area contributed by atoms with Crippen molar-refractivity contribution in [2.24, 2.45) is 0 Å². The summed E-state index contributed by atoms with van der Waals surface area (Å²) >= 11 is 2.13. The van der Waals surface area contributed by atoms with E-state index in [1.807, 2.05) is 37.3 Å². The Bertz CT molecular complexity index is 698. The van der Waals surface area contributed by atoms with Gasteiger partial charge in [-0.15, -0.1) is 0 Å². The summed E-state index contributed by atoms with van der Waals surface area (Å²) in [5, 5.41) is 5.59. The highest BCUT2D eigenvalue weighted by Crippen LogP contribution is 2.21. The van der Waals surface area contributed by atoms with Gasteiger partial charge in [0.25, 0.3) is 5.91 Å². The Morgan fingerprint density at radius 1 is 1.05 bits per heavy atom. The van der Waals surface area contributed by atoms with Crippen molar-refractivity contribution in [3.63, 3.8) is 0 Å². The lowest BCUT2D eigenvalue weighted by molar-refractivity contribution is -0.114. The van der Waals surface area contributed by atoms with Crippen LogP contribution in [0, 0.1) is 10.5 Å². The zero-order chi connectivity index (χ0) is 15.4. The average Bonchev–Trinajstić information content (AvgIpc) is 2.42. The topological polar surface area (TPSA) is 58.2 Å². The molecule has 0 aliphatic heterocycles. The molecule has 0 unspecified atom stereocenters. The minimum Gasteiger partial charge on any atom is -0.326 e. The predicted octanol–water partition coefficient (Wildman–Crippen LogP) is 3.81. The molecule has 2 amide bonds. The molecule has 2 N–H and O–H groups in total. The predicted molar refractivity (Wildman–Crippen MR) is 92.6 cm³/mol. The summed E-state index contributed by atoms with van der Waals surface area (Å²) in [6.07, 6.45) is 0. The minimum absolute atomic E-state index is 0.140. The lowest BCUT2D eigenvalue weighted by Crippen LogP contribution is -2.14.